The number of halogens is 4. The van der Waals surface area contributed by atoms with Gasteiger partial charge in [-0.25, -0.2) is 0 Å². The van der Waals surface area contributed by atoms with Crippen molar-refractivity contribution in [3.63, 3.8) is 0 Å². The van der Waals surface area contributed by atoms with E-state index >= 15 is 0 Å². The lowest BCUT2D eigenvalue weighted by Gasteiger charge is -2.05. The summed E-state index contributed by atoms with van der Waals surface area (Å²) in [5, 5.41) is 1.96. The zero-order valence-corrected chi connectivity index (χ0v) is 52.4. The van der Waals surface area contributed by atoms with E-state index in [-0.39, 0.29) is 99.1 Å². The van der Waals surface area contributed by atoms with Crippen LogP contribution in [0.2, 0.25) is 20.1 Å². The van der Waals surface area contributed by atoms with Gasteiger partial charge >= 0.3 is 0 Å². The van der Waals surface area contributed by atoms with Gasteiger partial charge in [-0.3, -0.25) is 38.4 Å². The maximum atomic E-state index is 11.3. The monoisotopic (exact) mass is 1290 g/mol. The van der Waals surface area contributed by atoms with Crippen molar-refractivity contribution in [2.24, 2.45) is 0 Å². The first-order chi connectivity index (χ1) is 43.0. The molecule has 8 heterocycles. The summed E-state index contributed by atoms with van der Waals surface area (Å²) in [4.78, 5) is 88.8. The molecule has 0 saturated carbocycles. The molecule has 0 aromatic heterocycles. The third-order valence-corrected chi connectivity index (χ3v) is 15.5. The molecule has 8 aromatic rings. The fraction of sp³-hybridized carbons (Fsp3) is 0.200. The van der Waals surface area contributed by atoms with Crippen LogP contribution in [0, 0.1) is 41.5 Å². The van der Waals surface area contributed by atoms with Gasteiger partial charge in [0.05, 0.1) is 54.6 Å². The molecular formula is C70H56Cl4O16. The molecule has 16 rings (SSSR count). The first-order valence-electron chi connectivity index (χ1n) is 27.9. The smallest absolute Gasteiger partial charge is 0.205 e. The van der Waals surface area contributed by atoms with Crippen LogP contribution in [0.15, 0.2) is 133 Å². The highest BCUT2D eigenvalue weighted by molar-refractivity contribution is 6.37. The molecule has 0 fully saturated rings. The molecule has 0 amide bonds. The second kappa shape index (κ2) is 28.9. The lowest BCUT2D eigenvalue weighted by molar-refractivity contribution is 0.0953. The van der Waals surface area contributed by atoms with E-state index in [4.69, 9.17) is 84.3 Å². The van der Waals surface area contributed by atoms with Crippen molar-refractivity contribution in [2.75, 3.05) is 52.9 Å². The summed E-state index contributed by atoms with van der Waals surface area (Å²) in [6.07, 6.45) is 0. The topological polar surface area (TPSA) is 210 Å². The number of fused-ring (bicyclic) bond motifs is 8. The zero-order valence-electron chi connectivity index (χ0n) is 49.4. The molecule has 0 saturated heterocycles. The predicted octanol–water partition coefficient (Wildman–Crippen LogP) is 14.6. The van der Waals surface area contributed by atoms with E-state index in [0.29, 0.717) is 65.3 Å². The highest BCUT2D eigenvalue weighted by atomic mass is 35.5. The Bertz CT molecular complexity index is 4010. The number of carbonyl (C=O) groups is 8. The van der Waals surface area contributed by atoms with E-state index in [9.17, 15) is 38.4 Å². The molecule has 0 atom stereocenters. The minimum absolute atomic E-state index is 0.00231. The van der Waals surface area contributed by atoms with Crippen molar-refractivity contribution in [3.8, 4) is 46.0 Å². The Morgan fingerprint density at radius 3 is 1.12 bits per heavy atom. The van der Waals surface area contributed by atoms with Gasteiger partial charge in [0.25, 0.3) is 0 Å². The Balaban J connectivity index is 0.000000122. The van der Waals surface area contributed by atoms with Crippen molar-refractivity contribution in [2.45, 2.75) is 41.5 Å². The maximum Gasteiger partial charge on any atom is 0.205 e. The number of hydrogen-bond donors (Lipinski definition) is 0. The zero-order chi connectivity index (χ0) is 64.5. The van der Waals surface area contributed by atoms with Crippen molar-refractivity contribution >= 4 is 92.7 Å². The highest BCUT2D eigenvalue weighted by Gasteiger charge is 2.29. The van der Waals surface area contributed by atoms with E-state index < -0.39 is 0 Å². The molecule has 0 radical (unpaired) electrons. The summed E-state index contributed by atoms with van der Waals surface area (Å²) in [7, 11) is 0. The third kappa shape index (κ3) is 15.4. The molecule has 0 spiro atoms. The van der Waals surface area contributed by atoms with Crippen molar-refractivity contribution in [1.82, 2.24) is 0 Å². The number of Topliss-reactive ketones (excluding diaryl/α,β-unsaturated/α-hetero) is 8. The molecule has 20 heteroatoms. The minimum atomic E-state index is -0.0584. The van der Waals surface area contributed by atoms with Crippen LogP contribution in [0.4, 0.5) is 0 Å². The predicted molar refractivity (Wildman–Crippen MR) is 339 cm³/mol. The molecule has 0 aliphatic carbocycles. The summed E-state index contributed by atoms with van der Waals surface area (Å²) in [6.45, 7) is 13.0. The van der Waals surface area contributed by atoms with Crippen LogP contribution in [-0.4, -0.2) is 99.1 Å². The molecule has 8 aliphatic heterocycles. The van der Waals surface area contributed by atoms with Crippen LogP contribution in [0.5, 0.6) is 46.0 Å². The van der Waals surface area contributed by atoms with Gasteiger partial charge in [-0.05, 0) is 160 Å². The van der Waals surface area contributed by atoms with Gasteiger partial charge in [0.2, 0.25) is 46.3 Å². The lowest BCUT2D eigenvalue weighted by atomic mass is 10.1. The van der Waals surface area contributed by atoms with E-state index in [2.05, 4.69) is 0 Å². The number of para-hydroxylation sites is 1. The quantitative estimate of drug-likeness (QED) is 0.138. The Morgan fingerprint density at radius 2 is 0.644 bits per heavy atom. The van der Waals surface area contributed by atoms with Gasteiger partial charge in [-0.15, -0.1) is 0 Å². The Kier molecular flexibility index (Phi) is 20.9. The Morgan fingerprint density at radius 1 is 0.278 bits per heavy atom. The molecule has 0 bridgehead atoms. The van der Waals surface area contributed by atoms with Gasteiger partial charge in [0.1, 0.15) is 46.0 Å². The second-order valence-corrected chi connectivity index (χ2v) is 22.7. The molecule has 16 nitrogen and oxygen atoms in total. The normalized spacial score (nSPS) is 14.4. The number of carbonyl (C=O) groups excluding carboxylic acids is 8. The van der Waals surface area contributed by atoms with E-state index in [1.807, 2.05) is 126 Å². The fourth-order valence-corrected chi connectivity index (χ4v) is 10.6. The Hall–Kier alpha value is -9.32. The van der Waals surface area contributed by atoms with Crippen LogP contribution in [0.25, 0.3) is 0 Å². The van der Waals surface area contributed by atoms with Crippen LogP contribution in [0.1, 0.15) is 116 Å². The lowest BCUT2D eigenvalue weighted by Crippen LogP contribution is -2.00. The first kappa shape index (κ1) is 65.1. The molecule has 0 N–H and O–H groups in total. The van der Waals surface area contributed by atoms with Crippen LogP contribution >= 0.6 is 46.4 Å². The standard InChI is InChI=1S/C9H6Cl2O2.C9H7ClO2.4C9H8O2.C8H5ClO2.C8H6O2/c1-4-5(10)2-6(11)9-8(4)7(12)3-13-9;1-5-2-3-6(10)8-7(11)4-12-9(5)8;1-6-2-3-9-7(4-6)8(10)5-11-9;3*1-6-2-3-7-8(10)5-11-9(7)4-6;9-5-1-2-8-6(3-5)7(10)4-11-8;9-7-5-10-8-4-2-1-3-6(7)8/h2H,3H2,1H3;2-3H,4H2,1H3;4*2-4H,5H2,1H3;1-3H,4H2;1-4H,5H2. The average Bonchev–Trinajstić information content (AvgIpc) is 2.19. The molecular weight excluding hydrogens is 1240 g/mol. The number of aryl methyl sites for hydroxylation is 5. The summed E-state index contributed by atoms with van der Waals surface area (Å²) in [5.41, 5.74) is 11.4. The molecule has 460 valence electrons. The highest BCUT2D eigenvalue weighted by Crippen LogP contribution is 2.40. The van der Waals surface area contributed by atoms with Crippen molar-refractivity contribution in [1.29, 1.82) is 0 Å². The van der Waals surface area contributed by atoms with Gasteiger partial charge in [0.15, 0.2) is 52.9 Å². The summed E-state index contributed by atoms with van der Waals surface area (Å²) in [6, 6.07) is 40.0. The number of benzene rings is 8. The van der Waals surface area contributed by atoms with Crippen LogP contribution in [0.3, 0.4) is 0 Å². The van der Waals surface area contributed by atoms with Gasteiger partial charge in [-0.2, -0.15) is 0 Å². The third-order valence-electron chi connectivity index (χ3n) is 14.3. The van der Waals surface area contributed by atoms with E-state index in [0.717, 1.165) is 78.6 Å². The second-order valence-electron chi connectivity index (χ2n) is 21.1. The van der Waals surface area contributed by atoms with Crippen LogP contribution in [-0.2, 0) is 0 Å². The van der Waals surface area contributed by atoms with Gasteiger partial charge < -0.3 is 37.9 Å². The molecule has 8 aliphatic rings. The fourth-order valence-electron chi connectivity index (χ4n) is 9.62. The summed E-state index contributed by atoms with van der Waals surface area (Å²) < 4.78 is 41.0. The summed E-state index contributed by atoms with van der Waals surface area (Å²) >= 11 is 23.2. The van der Waals surface area contributed by atoms with E-state index in [1.165, 1.54) is 0 Å². The number of ketones is 8. The van der Waals surface area contributed by atoms with Gasteiger partial charge in [0, 0.05) is 10.0 Å². The van der Waals surface area contributed by atoms with Crippen molar-refractivity contribution in [3.05, 3.63) is 231 Å². The summed E-state index contributed by atoms with van der Waals surface area (Å²) in [5.74, 6) is 5.71. The maximum absolute atomic E-state index is 11.3. The molecule has 90 heavy (non-hydrogen) atoms. The number of hydrogen-bond acceptors (Lipinski definition) is 16. The van der Waals surface area contributed by atoms with Gasteiger partial charge in [-0.1, -0.05) is 94.4 Å². The number of ether oxygens (including phenoxy) is 8. The van der Waals surface area contributed by atoms with Crippen LogP contribution < -0.4 is 37.9 Å². The van der Waals surface area contributed by atoms with Crippen molar-refractivity contribution < 1.29 is 76.3 Å². The largest absolute Gasteiger partial charge is 0.485 e. The molecule has 0 unspecified atom stereocenters. The Labute approximate surface area is 537 Å². The van der Waals surface area contributed by atoms with E-state index in [1.54, 1.807) is 49.4 Å². The SMILES string of the molecule is Cc1c(Cl)cc(Cl)c2c1C(=O)CO2.Cc1ccc(Cl)c2c1OCC2=O.Cc1ccc2c(c1)C(=O)CO2.Cc1ccc2c(c1)OCC2=O.Cc1ccc2c(c1)OCC2=O.Cc1ccc2c(c1)OCC2=O.O=C1COc2ccc(Cl)cc21.O=C1COc2ccccc21. The minimum Gasteiger partial charge on any atom is -0.485 e. The molecule has 8 aromatic carbocycles. The first-order valence-corrected chi connectivity index (χ1v) is 29.4. The number of rotatable bonds is 0. The average molecular weight is 1300 g/mol.